The summed E-state index contributed by atoms with van der Waals surface area (Å²) in [6.45, 7) is 0. The summed E-state index contributed by atoms with van der Waals surface area (Å²) in [6, 6.07) is 3.93. The Morgan fingerprint density at radius 2 is 2.00 bits per heavy atom. The minimum Gasteiger partial charge on any atom is -0.412 e. The van der Waals surface area contributed by atoms with E-state index in [1.54, 1.807) is 6.21 Å². The number of hydrogen-bond acceptors (Lipinski definition) is 2. The van der Waals surface area contributed by atoms with Gasteiger partial charge in [-0.25, -0.2) is 0 Å². The van der Waals surface area contributed by atoms with E-state index in [4.69, 9.17) is 0 Å². The molecule has 1 aromatic carbocycles. The number of anilines is 1. The Hall–Kier alpha value is -0.340. The van der Waals surface area contributed by atoms with Crippen LogP contribution in [-0.2, 0) is 6.18 Å². The predicted octanol–water partition coefficient (Wildman–Crippen LogP) is 1.87. The standard InChI is InChI=1S/C9H5BrF3N2.In.H2O/c1-2-14-15-8-5-6(10)3-4-7(8)9(11,12)13;;/h1-5H;;1H2/q-1;+1;. The molecule has 8 heteroatoms. The quantitative estimate of drug-likeness (QED) is 0.697. The molecule has 3 nitrogen and oxygen atoms in total. The number of alkyl halides is 3. The van der Waals surface area contributed by atoms with E-state index in [2.05, 4.69) is 21.0 Å². The van der Waals surface area contributed by atoms with E-state index < -0.39 is 34.5 Å². The van der Waals surface area contributed by atoms with E-state index in [0.717, 1.165) is 6.07 Å². The number of benzene rings is 1. The molecule has 0 radical (unpaired) electrons. The Balaban J connectivity index is 0.00000144. The summed E-state index contributed by atoms with van der Waals surface area (Å²) < 4.78 is 42.3. The van der Waals surface area contributed by atoms with Crippen LogP contribution in [0.2, 0.25) is 0 Å². The van der Waals surface area contributed by atoms with Crippen molar-refractivity contribution in [3.63, 3.8) is 0 Å². The Bertz CT molecular complexity index is 464. The summed E-state index contributed by atoms with van der Waals surface area (Å²) in [7, 11) is 0. The maximum absolute atomic E-state index is 12.8. The molecule has 0 atom stereocenters. The molecule has 0 bridgehead atoms. The van der Waals surface area contributed by atoms with Gasteiger partial charge in [-0.1, -0.05) is 0 Å². The molecule has 1 aliphatic heterocycles. The van der Waals surface area contributed by atoms with Crippen molar-refractivity contribution in [3.05, 3.63) is 28.2 Å². The molecule has 1 aromatic rings. The van der Waals surface area contributed by atoms with Crippen molar-refractivity contribution in [2.24, 2.45) is 5.10 Å². The van der Waals surface area contributed by atoms with Gasteiger partial charge in [-0.2, -0.15) is 0 Å². The van der Waals surface area contributed by atoms with Crippen LogP contribution in [0.4, 0.5) is 18.9 Å². The summed E-state index contributed by atoms with van der Waals surface area (Å²) in [5, 5.41) is 3.94. The normalized spacial score (nSPS) is 13.5. The van der Waals surface area contributed by atoms with Gasteiger partial charge in [0.25, 0.3) is 0 Å². The third kappa shape index (κ3) is 3.32. The maximum atomic E-state index is 12.8. The Kier molecular flexibility index (Phi) is 4.79. The molecule has 0 spiro atoms. The molecular formula is C9H7BrF3InN2O. The molecule has 90 valence electrons. The molecule has 0 aromatic heterocycles. The van der Waals surface area contributed by atoms with E-state index in [0.29, 0.717) is 4.47 Å². The van der Waals surface area contributed by atoms with E-state index in [-0.39, 0.29) is 11.2 Å². The van der Waals surface area contributed by atoms with Crippen LogP contribution in [-0.4, -0.2) is 38.2 Å². The zero-order chi connectivity index (χ0) is 11.8. The second kappa shape index (κ2) is 5.53. The monoisotopic (exact) mass is 410 g/mol. The van der Waals surface area contributed by atoms with Crippen molar-refractivity contribution in [2.75, 3.05) is 3.00 Å². The van der Waals surface area contributed by atoms with Crippen molar-refractivity contribution in [3.8, 4) is 0 Å². The topological polar surface area (TPSA) is 47.1 Å². The zero-order valence-electron chi connectivity index (χ0n) is 8.37. The summed E-state index contributed by atoms with van der Waals surface area (Å²) in [6.07, 6.45) is -2.76. The van der Waals surface area contributed by atoms with Crippen molar-refractivity contribution in [1.29, 1.82) is 0 Å². The minimum absolute atomic E-state index is 0. The minimum atomic E-state index is -4.34. The van der Waals surface area contributed by atoms with Crippen molar-refractivity contribution in [2.45, 2.75) is 6.18 Å². The maximum Gasteiger partial charge on any atom is -0.412 e. The van der Waals surface area contributed by atoms with Gasteiger partial charge in [-0.3, -0.25) is 0 Å². The predicted molar refractivity (Wildman–Crippen MR) is 65.5 cm³/mol. The van der Waals surface area contributed by atoms with E-state index in [1.165, 1.54) is 15.1 Å². The van der Waals surface area contributed by atoms with Gasteiger partial charge < -0.3 is 5.48 Å². The van der Waals surface area contributed by atoms with Crippen molar-refractivity contribution in [1.82, 2.24) is 0 Å². The molecule has 0 aliphatic carbocycles. The van der Waals surface area contributed by atoms with Crippen LogP contribution in [0.5, 0.6) is 0 Å². The van der Waals surface area contributed by atoms with Crippen LogP contribution >= 0.6 is 15.9 Å². The van der Waals surface area contributed by atoms with Crippen LogP contribution in [0.1, 0.15) is 5.56 Å². The van der Waals surface area contributed by atoms with Crippen LogP contribution in [0, 0.1) is 0 Å². The van der Waals surface area contributed by atoms with Crippen molar-refractivity contribution >= 4 is 54.3 Å². The summed E-state index contributed by atoms with van der Waals surface area (Å²) in [4.78, 5) is 0. The zero-order valence-corrected chi connectivity index (χ0v) is 13.3. The second-order valence-corrected chi connectivity index (χ2v) is 7.37. The molecule has 1 heterocycles. The van der Waals surface area contributed by atoms with Gasteiger partial charge in [-0.05, 0) is 0 Å². The number of nitrogens with zero attached hydrogens (tertiary/aromatic N) is 2. The molecule has 0 unspecified atom stereocenters. The molecule has 17 heavy (non-hydrogen) atoms. The average molecular weight is 411 g/mol. The fourth-order valence-corrected chi connectivity index (χ4v) is 4.11. The Labute approximate surface area is 115 Å². The summed E-state index contributed by atoms with van der Waals surface area (Å²) in [5.41, 5.74) is -0.484. The number of hydrogen-bond donors (Lipinski definition) is 0. The smallest absolute Gasteiger partial charge is 0.412 e. The van der Waals surface area contributed by atoms with Crippen LogP contribution < -0.4 is 3.00 Å². The molecule has 2 rings (SSSR count). The number of rotatable bonds is 1. The first-order valence-electron chi connectivity index (χ1n) is 4.35. The van der Waals surface area contributed by atoms with Crippen LogP contribution in [0.15, 0.2) is 27.8 Å². The van der Waals surface area contributed by atoms with E-state index in [1.807, 2.05) is 3.76 Å². The molecule has 0 saturated heterocycles. The van der Waals surface area contributed by atoms with Gasteiger partial charge in [-0.15, -0.1) is 0 Å². The van der Waals surface area contributed by atoms with Gasteiger partial charge in [0.15, 0.2) is 0 Å². The Morgan fingerprint density at radius 3 is 2.53 bits per heavy atom. The number of hydrazone groups is 1. The molecule has 1 aliphatic rings. The molecule has 2 N–H and O–H groups in total. The van der Waals surface area contributed by atoms with E-state index in [9.17, 15) is 13.2 Å². The third-order valence-electron chi connectivity index (χ3n) is 2.02. The second-order valence-electron chi connectivity index (χ2n) is 3.11. The largest absolute Gasteiger partial charge is 0.412 e. The summed E-state index contributed by atoms with van der Waals surface area (Å²) >= 11 is 1.85. The third-order valence-corrected chi connectivity index (χ3v) is 5.47. The molecule has 0 saturated carbocycles. The summed E-state index contributed by atoms with van der Waals surface area (Å²) in [5.74, 6) is 0. The SMILES string of the molecule is FC(F)(F)c1ccc(Br)cc1[N]1N=C[CH]=[In]1.O. The first-order valence-corrected chi connectivity index (χ1v) is 8.52. The van der Waals surface area contributed by atoms with Crippen LogP contribution in [0.3, 0.4) is 0 Å². The van der Waals surface area contributed by atoms with Gasteiger partial charge in [0.2, 0.25) is 0 Å². The molecular weight excluding hydrogens is 404 g/mol. The Morgan fingerprint density at radius 1 is 1.29 bits per heavy atom. The number of halogens is 4. The fraction of sp³-hybridized carbons (Fsp3) is 0.111. The van der Waals surface area contributed by atoms with Gasteiger partial charge in [0.1, 0.15) is 0 Å². The van der Waals surface area contributed by atoms with Gasteiger partial charge in [0.05, 0.1) is 0 Å². The van der Waals surface area contributed by atoms with Crippen LogP contribution in [0.25, 0.3) is 0 Å². The first kappa shape index (κ1) is 14.7. The van der Waals surface area contributed by atoms with E-state index >= 15 is 0 Å². The van der Waals surface area contributed by atoms with Gasteiger partial charge in [0, 0.05) is 0 Å². The molecule has 0 fully saturated rings. The van der Waals surface area contributed by atoms with Gasteiger partial charge >= 0.3 is 110 Å². The fourth-order valence-electron chi connectivity index (χ4n) is 1.35. The molecule has 0 amide bonds. The average Bonchev–Trinajstić information content (AvgIpc) is 2.68. The van der Waals surface area contributed by atoms with Crippen molar-refractivity contribution < 1.29 is 18.6 Å². The first-order chi connectivity index (χ1) is 7.48.